The molecule has 0 bridgehead atoms. The highest BCUT2D eigenvalue weighted by atomic mass is 127. The van der Waals surface area contributed by atoms with E-state index in [-0.39, 0.29) is 0 Å². The van der Waals surface area contributed by atoms with Crippen molar-refractivity contribution >= 4 is 28.8 Å². The third-order valence-electron chi connectivity index (χ3n) is 3.32. The van der Waals surface area contributed by atoms with E-state index >= 15 is 0 Å². The second-order valence-corrected chi connectivity index (χ2v) is 5.56. The van der Waals surface area contributed by atoms with E-state index in [1.807, 2.05) is 3.11 Å². The zero-order chi connectivity index (χ0) is 9.47. The van der Waals surface area contributed by atoms with E-state index in [1.165, 1.54) is 12.8 Å². The largest absolute Gasteiger partial charge is 0.306 e. The monoisotopic (exact) mass is 294 g/mol. The average Bonchev–Trinajstić information content (AvgIpc) is 2.36. The van der Waals surface area contributed by atoms with Gasteiger partial charge in [0, 0.05) is 18.4 Å². The van der Waals surface area contributed by atoms with Gasteiger partial charge in [-0.1, -0.05) is 0 Å². The van der Waals surface area contributed by atoms with Crippen LogP contribution in [0.2, 0.25) is 0 Å². The molecule has 0 saturated carbocycles. The van der Waals surface area contributed by atoms with E-state index in [0.29, 0.717) is 11.3 Å². The van der Waals surface area contributed by atoms with Crippen LogP contribution in [0.25, 0.3) is 0 Å². The first-order valence-corrected chi connectivity index (χ1v) is 5.73. The Morgan fingerprint density at radius 3 is 2.46 bits per heavy atom. The lowest BCUT2D eigenvalue weighted by Gasteiger charge is -2.36. The van der Waals surface area contributed by atoms with Crippen LogP contribution in [-0.2, 0) is 4.79 Å². The van der Waals surface area contributed by atoms with Crippen LogP contribution < -0.4 is 0 Å². The zero-order valence-electron chi connectivity index (χ0n) is 7.92. The van der Waals surface area contributed by atoms with E-state index in [9.17, 15) is 4.79 Å². The first-order valence-electron chi connectivity index (χ1n) is 4.76. The van der Waals surface area contributed by atoms with Crippen LogP contribution >= 0.6 is 22.9 Å². The zero-order valence-corrected chi connectivity index (χ0v) is 10.1. The highest BCUT2D eigenvalue weighted by Crippen LogP contribution is 2.41. The molecule has 1 spiro atoms. The van der Waals surface area contributed by atoms with Gasteiger partial charge in [-0.15, -0.1) is 0 Å². The number of carbonyl (C=O) groups excluding carboxylic acids is 1. The van der Waals surface area contributed by atoms with Gasteiger partial charge in [0.15, 0.2) is 0 Å². The number of carbonyl (C=O) groups is 1. The Morgan fingerprint density at radius 2 is 2.00 bits per heavy atom. The lowest BCUT2D eigenvalue weighted by molar-refractivity contribution is -0.123. The molecule has 0 radical (unpaired) electrons. The number of rotatable bonds is 0. The average molecular weight is 294 g/mol. The van der Waals surface area contributed by atoms with Crippen LogP contribution in [0.5, 0.6) is 0 Å². The maximum atomic E-state index is 11.4. The predicted octanol–water partition coefficient (Wildman–Crippen LogP) is 1.28. The first kappa shape index (κ1) is 9.71. The Hall–Kier alpha value is 0.160. The molecule has 2 aliphatic heterocycles. The van der Waals surface area contributed by atoms with E-state index < -0.39 is 0 Å². The number of likely N-dealkylation sites (tertiary alicyclic amines) is 1. The molecule has 2 heterocycles. The second kappa shape index (κ2) is 3.38. The summed E-state index contributed by atoms with van der Waals surface area (Å²) >= 11 is 2.15. The van der Waals surface area contributed by atoms with Gasteiger partial charge < -0.3 is 4.90 Å². The van der Waals surface area contributed by atoms with Crippen molar-refractivity contribution in [2.75, 3.05) is 26.7 Å². The highest BCUT2D eigenvalue weighted by Gasteiger charge is 2.43. The van der Waals surface area contributed by atoms with Crippen LogP contribution in [0, 0.1) is 5.41 Å². The van der Waals surface area contributed by atoms with E-state index in [4.69, 9.17) is 0 Å². The van der Waals surface area contributed by atoms with Crippen molar-refractivity contribution in [3.63, 3.8) is 0 Å². The summed E-state index contributed by atoms with van der Waals surface area (Å²) in [6.45, 7) is 3.27. The quantitative estimate of drug-likeness (QED) is 0.496. The summed E-state index contributed by atoms with van der Waals surface area (Å²) < 4.78 is 1.86. The number of amides is 1. The van der Waals surface area contributed by atoms with Crippen molar-refractivity contribution in [1.82, 2.24) is 8.01 Å². The lowest BCUT2D eigenvalue weighted by atomic mass is 9.78. The molecular weight excluding hydrogens is 279 g/mol. The first-order chi connectivity index (χ1) is 6.11. The minimum atomic E-state index is 0.324. The Morgan fingerprint density at radius 1 is 1.38 bits per heavy atom. The van der Waals surface area contributed by atoms with Crippen LogP contribution in [0.1, 0.15) is 19.3 Å². The summed E-state index contributed by atoms with van der Waals surface area (Å²) in [5.74, 6) is 0.324. The van der Waals surface area contributed by atoms with Crippen LogP contribution in [0.4, 0.5) is 0 Å². The molecule has 0 atom stereocenters. The molecule has 0 aliphatic carbocycles. The Balaban J connectivity index is 2.03. The van der Waals surface area contributed by atoms with Gasteiger partial charge in [-0.25, -0.2) is 0 Å². The fraction of sp³-hybridized carbons (Fsp3) is 0.889. The third kappa shape index (κ3) is 1.83. The fourth-order valence-corrected chi connectivity index (χ4v) is 3.17. The summed E-state index contributed by atoms with van der Waals surface area (Å²) in [4.78, 5) is 13.8. The summed E-state index contributed by atoms with van der Waals surface area (Å²) in [5, 5.41) is 0. The predicted molar refractivity (Wildman–Crippen MR) is 59.5 cm³/mol. The lowest BCUT2D eigenvalue weighted by Crippen LogP contribution is -2.38. The third-order valence-corrected chi connectivity index (χ3v) is 4.20. The molecule has 74 valence electrons. The number of hydrogen-bond acceptors (Lipinski definition) is 2. The molecule has 0 unspecified atom stereocenters. The van der Waals surface area contributed by atoms with Gasteiger partial charge in [0.2, 0.25) is 5.91 Å². The molecule has 2 rings (SSSR count). The fourth-order valence-electron chi connectivity index (χ4n) is 2.27. The van der Waals surface area contributed by atoms with Gasteiger partial charge in [-0.3, -0.25) is 7.91 Å². The maximum absolute atomic E-state index is 11.4. The van der Waals surface area contributed by atoms with Gasteiger partial charge >= 0.3 is 0 Å². The molecular formula is C9H15IN2O. The van der Waals surface area contributed by atoms with Crippen LogP contribution in [-0.4, -0.2) is 40.6 Å². The number of piperidine rings is 1. The van der Waals surface area contributed by atoms with E-state index in [1.54, 1.807) is 0 Å². The molecule has 0 aromatic heterocycles. The highest BCUT2D eigenvalue weighted by molar-refractivity contribution is 14.1. The van der Waals surface area contributed by atoms with Crippen LogP contribution in [0.3, 0.4) is 0 Å². The molecule has 4 heteroatoms. The Bertz CT molecular complexity index is 224. The second-order valence-electron chi connectivity index (χ2n) is 4.39. The smallest absolute Gasteiger partial charge is 0.231 e. The van der Waals surface area contributed by atoms with Crippen molar-refractivity contribution in [2.24, 2.45) is 5.41 Å². The minimum absolute atomic E-state index is 0.324. The molecule has 3 nitrogen and oxygen atoms in total. The molecule has 0 aromatic carbocycles. The molecule has 2 fully saturated rings. The van der Waals surface area contributed by atoms with Crippen LogP contribution in [0.15, 0.2) is 0 Å². The summed E-state index contributed by atoms with van der Waals surface area (Å²) in [5.41, 5.74) is 0.324. The van der Waals surface area contributed by atoms with Gasteiger partial charge in [-0.05, 0) is 33.0 Å². The van der Waals surface area contributed by atoms with Crippen molar-refractivity contribution < 1.29 is 4.79 Å². The molecule has 1 amide bonds. The molecule has 0 N–H and O–H groups in total. The maximum Gasteiger partial charge on any atom is 0.231 e. The SMILES string of the molecule is CN1CCC2(CC1)CC(=O)N(I)C2. The molecule has 2 saturated heterocycles. The summed E-state index contributed by atoms with van der Waals surface area (Å²) in [6.07, 6.45) is 3.16. The van der Waals surface area contributed by atoms with Gasteiger partial charge in [-0.2, -0.15) is 0 Å². The van der Waals surface area contributed by atoms with Crippen molar-refractivity contribution in [3.05, 3.63) is 0 Å². The standard InChI is InChI=1S/C9H15IN2O/c1-11-4-2-9(3-5-11)6-8(13)12(10)7-9/h2-7H2,1H3. The van der Waals surface area contributed by atoms with Gasteiger partial charge in [0.05, 0.1) is 22.9 Å². The van der Waals surface area contributed by atoms with Crippen molar-refractivity contribution in [3.8, 4) is 0 Å². The molecule has 13 heavy (non-hydrogen) atoms. The summed E-state index contributed by atoms with van der Waals surface area (Å²) in [6, 6.07) is 0. The van der Waals surface area contributed by atoms with E-state index in [2.05, 4.69) is 34.8 Å². The topological polar surface area (TPSA) is 23.6 Å². The molecule has 0 aromatic rings. The van der Waals surface area contributed by atoms with Gasteiger partial charge in [0.1, 0.15) is 0 Å². The molecule has 2 aliphatic rings. The van der Waals surface area contributed by atoms with Crippen molar-refractivity contribution in [1.29, 1.82) is 0 Å². The van der Waals surface area contributed by atoms with E-state index in [0.717, 1.165) is 26.1 Å². The number of nitrogens with zero attached hydrogens (tertiary/aromatic N) is 2. The Labute approximate surface area is 92.9 Å². The normalized spacial score (nSPS) is 28.8. The Kier molecular flexibility index (Phi) is 2.53. The minimum Gasteiger partial charge on any atom is -0.306 e. The number of hydrogen-bond donors (Lipinski definition) is 0. The van der Waals surface area contributed by atoms with Gasteiger partial charge in [0.25, 0.3) is 0 Å². The number of halogens is 1. The van der Waals surface area contributed by atoms with Crippen molar-refractivity contribution in [2.45, 2.75) is 19.3 Å². The summed E-state index contributed by atoms with van der Waals surface area (Å²) in [7, 11) is 2.16.